The third-order valence-corrected chi connectivity index (χ3v) is 5.62. The molecule has 0 aromatic heterocycles. The molecule has 170 valence electrons. The van der Waals surface area contributed by atoms with Crippen molar-refractivity contribution >= 4 is 28.6 Å². The first-order chi connectivity index (χ1) is 15.7. The lowest BCUT2D eigenvalue weighted by Crippen LogP contribution is -2.47. The molecular formula is C27H28N2O4. The molecule has 1 heterocycles. The summed E-state index contributed by atoms with van der Waals surface area (Å²) >= 11 is 0. The maximum absolute atomic E-state index is 13.3. The van der Waals surface area contributed by atoms with Gasteiger partial charge in [-0.25, -0.2) is 0 Å². The van der Waals surface area contributed by atoms with Crippen LogP contribution in [0.25, 0.3) is 10.8 Å². The molecule has 3 aromatic rings. The van der Waals surface area contributed by atoms with Gasteiger partial charge in [-0.15, -0.1) is 0 Å². The standard InChI is InChI=1S/C27H28N2O4/c1-27(2,3)33-26(32)22-17-29(16-18-9-5-4-6-10-18)25(31)23(22)28-24(30)21-14-13-19-11-7-8-12-20(19)15-21/h4-15,22-23H,16-17H2,1-3H3,(H,28,30)/t22-,23-/m1/s1. The van der Waals surface area contributed by atoms with Gasteiger partial charge in [-0.1, -0.05) is 60.7 Å². The number of benzene rings is 3. The zero-order chi connectivity index (χ0) is 23.6. The molecule has 1 aliphatic heterocycles. The van der Waals surface area contributed by atoms with Crippen LogP contribution in [0, 0.1) is 5.92 Å². The number of esters is 1. The number of hydrogen-bond acceptors (Lipinski definition) is 4. The molecule has 0 unspecified atom stereocenters. The van der Waals surface area contributed by atoms with Crippen molar-refractivity contribution in [1.82, 2.24) is 10.2 Å². The number of nitrogens with zero attached hydrogens (tertiary/aromatic N) is 1. The number of ether oxygens (including phenoxy) is 1. The van der Waals surface area contributed by atoms with Gasteiger partial charge >= 0.3 is 5.97 Å². The summed E-state index contributed by atoms with van der Waals surface area (Å²) < 4.78 is 5.57. The van der Waals surface area contributed by atoms with E-state index in [2.05, 4.69) is 5.32 Å². The van der Waals surface area contributed by atoms with Gasteiger partial charge < -0.3 is 15.0 Å². The quantitative estimate of drug-likeness (QED) is 0.605. The number of carbonyl (C=O) groups is 3. The van der Waals surface area contributed by atoms with E-state index in [0.717, 1.165) is 16.3 Å². The summed E-state index contributed by atoms with van der Waals surface area (Å²) in [5, 5.41) is 4.76. The van der Waals surface area contributed by atoms with E-state index in [1.165, 1.54) is 0 Å². The lowest BCUT2D eigenvalue weighted by molar-refractivity contribution is -0.160. The van der Waals surface area contributed by atoms with Crippen LogP contribution < -0.4 is 5.32 Å². The van der Waals surface area contributed by atoms with Crippen molar-refractivity contribution in [3.05, 3.63) is 83.9 Å². The highest BCUT2D eigenvalue weighted by atomic mass is 16.6. The molecule has 33 heavy (non-hydrogen) atoms. The average molecular weight is 445 g/mol. The van der Waals surface area contributed by atoms with Crippen molar-refractivity contribution in [3.8, 4) is 0 Å². The lowest BCUT2D eigenvalue weighted by Gasteiger charge is -2.24. The second-order valence-electron chi connectivity index (χ2n) is 9.36. The minimum Gasteiger partial charge on any atom is -0.460 e. The monoisotopic (exact) mass is 444 g/mol. The SMILES string of the molecule is CC(C)(C)OC(=O)[C@@H]1CN(Cc2ccccc2)C(=O)[C@@H]1NC(=O)c1ccc2ccccc2c1. The topological polar surface area (TPSA) is 75.7 Å². The summed E-state index contributed by atoms with van der Waals surface area (Å²) in [5.41, 5.74) is 0.695. The molecule has 2 amide bonds. The molecule has 1 N–H and O–H groups in total. The Labute approximate surface area is 193 Å². The molecule has 1 saturated heterocycles. The number of nitrogens with one attached hydrogen (secondary N) is 1. The fraction of sp³-hybridized carbons (Fsp3) is 0.296. The Morgan fingerprint density at radius 3 is 2.33 bits per heavy atom. The maximum atomic E-state index is 13.3. The van der Waals surface area contributed by atoms with Crippen molar-refractivity contribution in [3.63, 3.8) is 0 Å². The molecule has 0 spiro atoms. The van der Waals surface area contributed by atoms with Gasteiger partial charge in [0.2, 0.25) is 5.91 Å². The molecule has 0 bridgehead atoms. The Bertz CT molecular complexity index is 1180. The molecule has 2 atom stereocenters. The van der Waals surface area contributed by atoms with E-state index in [-0.39, 0.29) is 12.5 Å². The molecule has 3 aromatic carbocycles. The van der Waals surface area contributed by atoms with Gasteiger partial charge in [0.1, 0.15) is 17.6 Å². The Kier molecular flexibility index (Phi) is 6.18. The van der Waals surface area contributed by atoms with Crippen molar-refractivity contribution in [2.75, 3.05) is 6.54 Å². The Balaban J connectivity index is 1.57. The van der Waals surface area contributed by atoms with Crippen LogP contribution >= 0.6 is 0 Å². The Morgan fingerprint density at radius 1 is 0.970 bits per heavy atom. The highest BCUT2D eigenvalue weighted by molar-refractivity contribution is 6.02. The fourth-order valence-electron chi connectivity index (χ4n) is 4.05. The smallest absolute Gasteiger partial charge is 0.313 e. The van der Waals surface area contributed by atoms with E-state index >= 15 is 0 Å². The van der Waals surface area contributed by atoms with Crippen LogP contribution in [-0.2, 0) is 20.9 Å². The second kappa shape index (κ2) is 9.06. The van der Waals surface area contributed by atoms with Crippen molar-refractivity contribution in [1.29, 1.82) is 0 Å². The number of hydrogen-bond donors (Lipinski definition) is 1. The van der Waals surface area contributed by atoms with E-state index in [1.807, 2.05) is 60.7 Å². The summed E-state index contributed by atoms with van der Waals surface area (Å²) in [6, 6.07) is 21.7. The second-order valence-corrected chi connectivity index (χ2v) is 9.36. The molecular weight excluding hydrogens is 416 g/mol. The van der Waals surface area contributed by atoms with Gasteiger partial charge in [0.15, 0.2) is 0 Å². The first kappa shape index (κ1) is 22.5. The predicted molar refractivity (Wildman–Crippen MR) is 126 cm³/mol. The molecule has 6 heteroatoms. The predicted octanol–water partition coefficient (Wildman–Crippen LogP) is 3.94. The zero-order valence-corrected chi connectivity index (χ0v) is 19.1. The van der Waals surface area contributed by atoms with E-state index in [9.17, 15) is 14.4 Å². The summed E-state index contributed by atoms with van der Waals surface area (Å²) in [6.45, 7) is 5.90. The Hall–Kier alpha value is -3.67. The van der Waals surface area contributed by atoms with Gasteiger partial charge in [0.25, 0.3) is 5.91 Å². The van der Waals surface area contributed by atoms with Crippen molar-refractivity contribution in [2.24, 2.45) is 5.92 Å². The van der Waals surface area contributed by atoms with Gasteiger partial charge in [-0.3, -0.25) is 14.4 Å². The van der Waals surface area contributed by atoms with Crippen LogP contribution in [0.3, 0.4) is 0 Å². The minimum absolute atomic E-state index is 0.186. The van der Waals surface area contributed by atoms with E-state index in [4.69, 9.17) is 4.74 Å². The Morgan fingerprint density at radius 2 is 1.64 bits per heavy atom. The highest BCUT2D eigenvalue weighted by Crippen LogP contribution is 2.25. The summed E-state index contributed by atoms with van der Waals surface area (Å²) in [4.78, 5) is 40.9. The average Bonchev–Trinajstić information content (AvgIpc) is 3.08. The van der Waals surface area contributed by atoms with Gasteiger partial charge in [0, 0.05) is 18.7 Å². The molecule has 4 rings (SSSR count). The van der Waals surface area contributed by atoms with Crippen molar-refractivity contribution in [2.45, 2.75) is 39.0 Å². The number of amides is 2. The molecule has 0 radical (unpaired) electrons. The van der Waals surface area contributed by atoms with Crippen LogP contribution in [0.4, 0.5) is 0 Å². The minimum atomic E-state index is -0.984. The van der Waals surface area contributed by atoms with Crippen LogP contribution in [0.15, 0.2) is 72.8 Å². The lowest BCUT2D eigenvalue weighted by atomic mass is 10.0. The van der Waals surface area contributed by atoms with Gasteiger partial charge in [-0.05, 0) is 49.2 Å². The number of rotatable bonds is 5. The zero-order valence-electron chi connectivity index (χ0n) is 19.1. The van der Waals surface area contributed by atoms with Gasteiger partial charge in [-0.2, -0.15) is 0 Å². The summed E-state index contributed by atoms with van der Waals surface area (Å²) in [6.07, 6.45) is 0. The van der Waals surface area contributed by atoms with Crippen LogP contribution in [0.2, 0.25) is 0 Å². The maximum Gasteiger partial charge on any atom is 0.313 e. The molecule has 1 fully saturated rings. The molecule has 0 aliphatic carbocycles. The van der Waals surface area contributed by atoms with Crippen LogP contribution in [-0.4, -0.2) is 40.9 Å². The number of fused-ring (bicyclic) bond motifs is 1. The first-order valence-corrected chi connectivity index (χ1v) is 11.1. The van der Waals surface area contributed by atoms with Crippen molar-refractivity contribution < 1.29 is 19.1 Å². The number of carbonyl (C=O) groups excluding carboxylic acids is 3. The first-order valence-electron chi connectivity index (χ1n) is 11.1. The van der Waals surface area contributed by atoms with Crippen LogP contribution in [0.5, 0.6) is 0 Å². The normalized spacial score (nSPS) is 18.4. The van der Waals surface area contributed by atoms with Crippen LogP contribution in [0.1, 0.15) is 36.7 Å². The highest BCUT2D eigenvalue weighted by Gasteiger charge is 2.46. The van der Waals surface area contributed by atoms with E-state index in [0.29, 0.717) is 12.1 Å². The summed E-state index contributed by atoms with van der Waals surface area (Å²) in [5.74, 6) is -1.96. The van der Waals surface area contributed by atoms with E-state index < -0.39 is 29.4 Å². The molecule has 0 saturated carbocycles. The fourth-order valence-corrected chi connectivity index (χ4v) is 4.05. The number of likely N-dealkylation sites (tertiary alicyclic amines) is 1. The third kappa shape index (κ3) is 5.22. The largest absolute Gasteiger partial charge is 0.460 e. The molecule has 1 aliphatic rings. The molecule has 6 nitrogen and oxygen atoms in total. The van der Waals surface area contributed by atoms with Gasteiger partial charge in [0.05, 0.1) is 0 Å². The van der Waals surface area contributed by atoms with E-state index in [1.54, 1.807) is 37.8 Å². The summed E-state index contributed by atoms with van der Waals surface area (Å²) in [7, 11) is 0. The third-order valence-electron chi connectivity index (χ3n) is 5.62.